The molecule has 2 aromatic carbocycles. The number of carbonyl (C=O) groups is 1. The zero-order valence-electron chi connectivity index (χ0n) is 14.7. The third kappa shape index (κ3) is 5.74. The lowest BCUT2D eigenvalue weighted by molar-refractivity contribution is -0.137. The Labute approximate surface area is 158 Å². The summed E-state index contributed by atoms with van der Waals surface area (Å²) >= 11 is 6.11. The van der Waals surface area contributed by atoms with Gasteiger partial charge in [-0.3, -0.25) is 4.99 Å². The van der Waals surface area contributed by atoms with E-state index in [1.54, 1.807) is 31.2 Å². The molecule has 0 aromatic heterocycles. The minimum atomic E-state index is -0.628. The van der Waals surface area contributed by atoms with E-state index in [0.29, 0.717) is 17.1 Å². The highest BCUT2D eigenvalue weighted by atomic mass is 35.5. The van der Waals surface area contributed by atoms with Gasteiger partial charge in [0.15, 0.2) is 0 Å². The zero-order valence-corrected chi connectivity index (χ0v) is 15.4. The molecule has 1 N–H and O–H groups in total. The van der Waals surface area contributed by atoms with Crippen molar-refractivity contribution in [2.45, 2.75) is 19.8 Å². The molecule has 0 fully saturated rings. The van der Waals surface area contributed by atoms with Crippen LogP contribution in [-0.2, 0) is 16.0 Å². The second-order valence-electron chi connectivity index (χ2n) is 5.59. The molecule has 0 heterocycles. The summed E-state index contributed by atoms with van der Waals surface area (Å²) in [4.78, 5) is 16.5. The second kappa shape index (κ2) is 10.4. The summed E-state index contributed by atoms with van der Waals surface area (Å²) in [5.74, 6) is -0.863. The van der Waals surface area contributed by atoms with E-state index in [0.717, 1.165) is 12.8 Å². The number of hydrogen-bond donors (Lipinski definition) is 1. The van der Waals surface area contributed by atoms with Crippen LogP contribution in [0.2, 0.25) is 5.02 Å². The Kier molecular flexibility index (Phi) is 7.90. The maximum atomic E-state index is 12.2. The second-order valence-corrected chi connectivity index (χ2v) is 5.99. The van der Waals surface area contributed by atoms with E-state index in [-0.39, 0.29) is 17.9 Å². The number of benzene rings is 2. The van der Waals surface area contributed by atoms with Crippen molar-refractivity contribution in [1.29, 1.82) is 0 Å². The molecular weight excluding hydrogens is 350 g/mol. The molecule has 5 heteroatoms. The van der Waals surface area contributed by atoms with Crippen molar-refractivity contribution in [3.05, 3.63) is 76.3 Å². The molecule has 0 saturated heterocycles. The number of aryl methyl sites for hydroxylation is 1. The van der Waals surface area contributed by atoms with Crippen LogP contribution in [0.25, 0.3) is 5.76 Å². The maximum absolute atomic E-state index is 12.2. The number of aliphatic hydroxyl groups excluding tert-OH is 1. The van der Waals surface area contributed by atoms with E-state index < -0.39 is 5.97 Å². The van der Waals surface area contributed by atoms with Gasteiger partial charge in [-0.2, -0.15) is 0 Å². The molecule has 0 spiro atoms. The van der Waals surface area contributed by atoms with Crippen LogP contribution in [0.1, 0.15) is 24.5 Å². The number of ether oxygens (including phenoxy) is 1. The highest BCUT2D eigenvalue weighted by Gasteiger charge is 2.17. The molecule has 0 amide bonds. The van der Waals surface area contributed by atoms with E-state index in [4.69, 9.17) is 16.3 Å². The van der Waals surface area contributed by atoms with Crippen LogP contribution in [0.4, 0.5) is 0 Å². The fraction of sp³-hybridized carbons (Fsp3) is 0.238. The van der Waals surface area contributed by atoms with Crippen molar-refractivity contribution in [3.8, 4) is 0 Å². The molecule has 4 nitrogen and oxygen atoms in total. The Hall–Kier alpha value is -2.59. The van der Waals surface area contributed by atoms with Crippen molar-refractivity contribution < 1.29 is 14.6 Å². The average molecular weight is 372 g/mol. The summed E-state index contributed by atoms with van der Waals surface area (Å²) < 4.78 is 5.02. The van der Waals surface area contributed by atoms with E-state index in [1.807, 2.05) is 18.2 Å². The molecule has 26 heavy (non-hydrogen) atoms. The third-order valence-electron chi connectivity index (χ3n) is 3.70. The summed E-state index contributed by atoms with van der Waals surface area (Å²) in [5.41, 5.74) is 1.61. The number of hydrogen-bond acceptors (Lipinski definition) is 4. The van der Waals surface area contributed by atoms with Crippen LogP contribution in [0.5, 0.6) is 0 Å². The Morgan fingerprint density at radius 2 is 1.85 bits per heavy atom. The first-order valence-corrected chi connectivity index (χ1v) is 8.90. The van der Waals surface area contributed by atoms with E-state index in [1.165, 1.54) is 11.8 Å². The molecule has 0 aliphatic rings. The van der Waals surface area contributed by atoms with Gasteiger partial charge in [0.2, 0.25) is 0 Å². The molecule has 0 radical (unpaired) electrons. The third-order valence-corrected chi connectivity index (χ3v) is 4.02. The fourth-order valence-electron chi connectivity index (χ4n) is 2.39. The largest absolute Gasteiger partial charge is 0.506 e. The van der Waals surface area contributed by atoms with Gasteiger partial charge in [0, 0.05) is 18.3 Å². The van der Waals surface area contributed by atoms with Crippen molar-refractivity contribution in [1.82, 2.24) is 0 Å². The molecule has 136 valence electrons. The average Bonchev–Trinajstić information content (AvgIpc) is 2.65. The van der Waals surface area contributed by atoms with Crippen LogP contribution in [-0.4, -0.2) is 30.4 Å². The summed E-state index contributed by atoms with van der Waals surface area (Å²) in [6.45, 7) is 2.45. The van der Waals surface area contributed by atoms with Gasteiger partial charge in [0.1, 0.15) is 11.3 Å². The highest BCUT2D eigenvalue weighted by molar-refractivity contribution is 6.32. The van der Waals surface area contributed by atoms with Crippen LogP contribution in [0, 0.1) is 0 Å². The summed E-state index contributed by atoms with van der Waals surface area (Å²) in [5, 5.41) is 10.8. The monoisotopic (exact) mass is 371 g/mol. The van der Waals surface area contributed by atoms with Gasteiger partial charge in [-0.15, -0.1) is 0 Å². The zero-order chi connectivity index (χ0) is 18.8. The van der Waals surface area contributed by atoms with E-state index in [2.05, 4.69) is 17.1 Å². The first-order valence-electron chi connectivity index (χ1n) is 8.52. The van der Waals surface area contributed by atoms with Gasteiger partial charge in [0.25, 0.3) is 0 Å². The number of halogens is 1. The van der Waals surface area contributed by atoms with E-state index in [9.17, 15) is 9.90 Å². The smallest absolute Gasteiger partial charge is 0.343 e. The molecule has 0 unspecified atom stereocenters. The summed E-state index contributed by atoms with van der Waals surface area (Å²) in [6.07, 6.45) is 3.10. The van der Waals surface area contributed by atoms with Gasteiger partial charge in [-0.05, 0) is 37.5 Å². The van der Waals surface area contributed by atoms with Gasteiger partial charge in [-0.1, -0.05) is 54.1 Å². The first kappa shape index (κ1) is 19.7. The number of aliphatic imine (C=N–C) groups is 1. The summed E-state index contributed by atoms with van der Waals surface area (Å²) in [6, 6.07) is 16.9. The minimum Gasteiger partial charge on any atom is -0.506 e. The van der Waals surface area contributed by atoms with Crippen LogP contribution in [0.15, 0.2) is 65.2 Å². The minimum absolute atomic E-state index is 0.000314. The van der Waals surface area contributed by atoms with Gasteiger partial charge in [-0.25, -0.2) is 4.79 Å². The molecule has 0 bridgehead atoms. The molecule has 0 aliphatic carbocycles. The Morgan fingerprint density at radius 1 is 1.15 bits per heavy atom. The van der Waals surface area contributed by atoms with Crippen LogP contribution in [0.3, 0.4) is 0 Å². The molecule has 0 saturated carbocycles. The molecule has 2 aromatic rings. The number of carbonyl (C=O) groups excluding carboxylic acids is 1. The fourth-order valence-corrected chi connectivity index (χ4v) is 2.62. The number of aliphatic hydroxyl groups is 1. The summed E-state index contributed by atoms with van der Waals surface area (Å²) in [7, 11) is 0. The SMILES string of the molecule is CCOC(=O)C(C=NCCCc1ccccc1)=C(O)c1ccccc1Cl. The predicted octanol–water partition coefficient (Wildman–Crippen LogP) is 4.88. The first-order chi connectivity index (χ1) is 12.6. The highest BCUT2D eigenvalue weighted by Crippen LogP contribution is 2.24. The van der Waals surface area contributed by atoms with Crippen molar-refractivity contribution in [2.24, 2.45) is 4.99 Å². The Bertz CT molecular complexity index is 785. The van der Waals surface area contributed by atoms with Crippen LogP contribution < -0.4 is 0 Å². The predicted molar refractivity (Wildman–Crippen MR) is 106 cm³/mol. The molecule has 0 atom stereocenters. The topological polar surface area (TPSA) is 58.9 Å². The van der Waals surface area contributed by atoms with Gasteiger partial charge in [0.05, 0.1) is 11.6 Å². The van der Waals surface area contributed by atoms with Crippen molar-refractivity contribution in [3.63, 3.8) is 0 Å². The lowest BCUT2D eigenvalue weighted by Gasteiger charge is -2.08. The van der Waals surface area contributed by atoms with Gasteiger partial charge >= 0.3 is 5.97 Å². The number of esters is 1. The normalized spacial score (nSPS) is 12.1. The number of nitrogens with zero attached hydrogens (tertiary/aromatic N) is 1. The lowest BCUT2D eigenvalue weighted by atomic mass is 10.1. The van der Waals surface area contributed by atoms with Crippen molar-refractivity contribution in [2.75, 3.05) is 13.2 Å². The molecular formula is C21H22ClNO3. The Morgan fingerprint density at radius 3 is 2.54 bits per heavy atom. The quantitative estimate of drug-likeness (QED) is 0.236. The Balaban J connectivity index is 2.11. The standard InChI is InChI=1S/C21H22ClNO3/c1-2-26-21(25)18(20(24)17-12-6-7-13-19(17)22)15-23-14-8-11-16-9-4-3-5-10-16/h3-7,9-10,12-13,15,24H,2,8,11,14H2,1H3. The van der Waals surface area contributed by atoms with Gasteiger partial charge < -0.3 is 9.84 Å². The molecule has 2 rings (SSSR count). The molecule has 0 aliphatic heterocycles. The number of rotatable bonds is 8. The van der Waals surface area contributed by atoms with E-state index >= 15 is 0 Å². The van der Waals surface area contributed by atoms with Crippen molar-refractivity contribution >= 4 is 29.5 Å². The van der Waals surface area contributed by atoms with Crippen LogP contribution >= 0.6 is 11.6 Å². The maximum Gasteiger partial charge on any atom is 0.343 e. The lowest BCUT2D eigenvalue weighted by Crippen LogP contribution is -2.11.